The summed E-state index contributed by atoms with van der Waals surface area (Å²) in [6.07, 6.45) is 5.79. The van der Waals surface area contributed by atoms with Crippen LogP contribution in [-0.4, -0.2) is 23.4 Å². The molecule has 0 aromatic carbocycles. The number of hydrogen-bond donors (Lipinski definition) is 1. The van der Waals surface area contributed by atoms with Crippen molar-refractivity contribution in [3.8, 4) is 0 Å². The van der Waals surface area contributed by atoms with Gasteiger partial charge >= 0.3 is 0 Å². The highest BCUT2D eigenvalue weighted by molar-refractivity contribution is 5.97. The fourth-order valence-corrected chi connectivity index (χ4v) is 1.97. The van der Waals surface area contributed by atoms with Gasteiger partial charge < -0.3 is 9.88 Å². The molecule has 0 atom stereocenters. The van der Waals surface area contributed by atoms with Gasteiger partial charge in [0.15, 0.2) is 5.78 Å². The van der Waals surface area contributed by atoms with Gasteiger partial charge in [0, 0.05) is 30.9 Å². The third kappa shape index (κ3) is 1.87. The van der Waals surface area contributed by atoms with E-state index in [0.29, 0.717) is 5.78 Å². The van der Waals surface area contributed by atoms with E-state index in [2.05, 4.69) is 5.32 Å². The summed E-state index contributed by atoms with van der Waals surface area (Å²) in [4.78, 5) is 12.0. The van der Waals surface area contributed by atoms with Crippen molar-refractivity contribution in [1.82, 2.24) is 9.88 Å². The van der Waals surface area contributed by atoms with Gasteiger partial charge in [0.05, 0.1) is 0 Å². The van der Waals surface area contributed by atoms with E-state index in [0.717, 1.165) is 31.5 Å². The van der Waals surface area contributed by atoms with E-state index in [1.165, 1.54) is 0 Å². The maximum Gasteiger partial charge on any atom is 0.167 e. The van der Waals surface area contributed by atoms with Crippen LogP contribution in [0, 0.1) is 5.92 Å². The summed E-state index contributed by atoms with van der Waals surface area (Å²) in [5.41, 5.74) is 0.861. The number of nitrogens with one attached hydrogen (secondary N) is 1. The van der Waals surface area contributed by atoms with Crippen molar-refractivity contribution in [2.75, 3.05) is 13.1 Å². The summed E-state index contributed by atoms with van der Waals surface area (Å²) in [5, 5.41) is 3.27. The summed E-state index contributed by atoms with van der Waals surface area (Å²) < 4.78 is 1.92. The number of ketones is 1. The number of carbonyl (C=O) groups is 1. The molecule has 0 amide bonds. The Hall–Kier alpha value is -1.09. The lowest BCUT2D eigenvalue weighted by Gasteiger charge is -2.20. The largest absolute Gasteiger partial charge is 0.357 e. The first-order valence-electron chi connectivity index (χ1n) is 5.14. The van der Waals surface area contributed by atoms with E-state index in [9.17, 15) is 4.79 Å². The number of carbonyl (C=O) groups excluding carboxylic acids is 1. The average Bonchev–Trinajstić information content (AvgIpc) is 2.65. The van der Waals surface area contributed by atoms with Crippen LogP contribution in [0.4, 0.5) is 0 Å². The lowest BCUT2D eigenvalue weighted by molar-refractivity contribution is 0.0895. The first kappa shape index (κ1) is 9.46. The Morgan fingerprint density at radius 1 is 1.50 bits per heavy atom. The second-order valence-electron chi connectivity index (χ2n) is 3.95. The van der Waals surface area contributed by atoms with Crippen LogP contribution < -0.4 is 5.32 Å². The molecule has 1 aliphatic rings. The molecule has 0 radical (unpaired) electrons. The fourth-order valence-electron chi connectivity index (χ4n) is 1.97. The zero-order valence-electron chi connectivity index (χ0n) is 8.49. The minimum Gasteiger partial charge on any atom is -0.357 e. The predicted molar refractivity (Wildman–Crippen MR) is 55.3 cm³/mol. The van der Waals surface area contributed by atoms with E-state index >= 15 is 0 Å². The first-order valence-corrected chi connectivity index (χ1v) is 5.14. The van der Waals surface area contributed by atoms with E-state index in [-0.39, 0.29) is 5.92 Å². The number of piperidine rings is 1. The Balaban J connectivity index is 2.07. The second kappa shape index (κ2) is 3.96. The Kier molecular flexibility index (Phi) is 2.68. The molecular formula is C11H16N2O. The monoisotopic (exact) mass is 192 g/mol. The van der Waals surface area contributed by atoms with E-state index in [1.807, 2.05) is 30.1 Å². The molecule has 3 heteroatoms. The number of nitrogens with zero attached hydrogens (tertiary/aromatic N) is 1. The highest BCUT2D eigenvalue weighted by Crippen LogP contribution is 2.17. The smallest absolute Gasteiger partial charge is 0.167 e. The van der Waals surface area contributed by atoms with Crippen LogP contribution in [-0.2, 0) is 7.05 Å². The topological polar surface area (TPSA) is 34.0 Å². The Labute approximate surface area is 84.1 Å². The second-order valence-corrected chi connectivity index (χ2v) is 3.95. The molecule has 0 bridgehead atoms. The summed E-state index contributed by atoms with van der Waals surface area (Å²) in [6, 6.07) is 1.91. The molecule has 1 aromatic heterocycles. The Morgan fingerprint density at radius 2 is 2.21 bits per heavy atom. The highest BCUT2D eigenvalue weighted by Gasteiger charge is 2.22. The summed E-state index contributed by atoms with van der Waals surface area (Å²) in [7, 11) is 1.94. The highest BCUT2D eigenvalue weighted by atomic mass is 16.1. The number of aromatic nitrogens is 1. The molecule has 0 unspecified atom stereocenters. The van der Waals surface area contributed by atoms with Gasteiger partial charge in [0.1, 0.15) is 0 Å². The van der Waals surface area contributed by atoms with Gasteiger partial charge in [-0.15, -0.1) is 0 Å². The van der Waals surface area contributed by atoms with E-state index in [4.69, 9.17) is 0 Å². The van der Waals surface area contributed by atoms with Gasteiger partial charge in [0.2, 0.25) is 0 Å². The zero-order chi connectivity index (χ0) is 9.97. The maximum atomic E-state index is 12.0. The molecule has 1 saturated heterocycles. The Bertz CT molecular complexity index is 324. The van der Waals surface area contributed by atoms with Crippen molar-refractivity contribution in [2.24, 2.45) is 13.0 Å². The average molecular weight is 192 g/mol. The number of rotatable bonds is 2. The zero-order valence-corrected chi connectivity index (χ0v) is 8.49. The SMILES string of the molecule is Cn1ccc(C(=O)C2CCNCC2)c1. The first-order chi connectivity index (χ1) is 6.77. The molecule has 1 aromatic rings. The van der Waals surface area contributed by atoms with Gasteiger partial charge in [0.25, 0.3) is 0 Å². The van der Waals surface area contributed by atoms with Crippen LogP contribution >= 0.6 is 0 Å². The van der Waals surface area contributed by atoms with Gasteiger partial charge in [-0.05, 0) is 32.0 Å². The van der Waals surface area contributed by atoms with Crippen LogP contribution in [0.1, 0.15) is 23.2 Å². The molecule has 3 nitrogen and oxygen atoms in total. The molecule has 76 valence electrons. The minimum absolute atomic E-state index is 0.235. The fraction of sp³-hybridized carbons (Fsp3) is 0.545. The lowest BCUT2D eigenvalue weighted by atomic mass is 9.91. The molecule has 0 aliphatic carbocycles. The van der Waals surface area contributed by atoms with E-state index in [1.54, 1.807) is 0 Å². The third-order valence-electron chi connectivity index (χ3n) is 2.83. The number of Topliss-reactive ketones (excluding diaryl/α,β-unsaturated/α-hetero) is 1. The van der Waals surface area contributed by atoms with Gasteiger partial charge in [-0.3, -0.25) is 4.79 Å². The van der Waals surface area contributed by atoms with Crippen molar-refractivity contribution in [3.05, 3.63) is 24.0 Å². The third-order valence-corrected chi connectivity index (χ3v) is 2.83. The summed E-state index contributed by atoms with van der Waals surface area (Å²) in [6.45, 7) is 1.95. The molecule has 1 N–H and O–H groups in total. The number of hydrogen-bond acceptors (Lipinski definition) is 2. The Morgan fingerprint density at radius 3 is 2.79 bits per heavy atom. The molecule has 0 saturated carbocycles. The molecule has 1 aliphatic heterocycles. The van der Waals surface area contributed by atoms with Gasteiger partial charge in [-0.25, -0.2) is 0 Å². The minimum atomic E-state index is 0.235. The maximum absolute atomic E-state index is 12.0. The van der Waals surface area contributed by atoms with Crippen molar-refractivity contribution < 1.29 is 4.79 Å². The van der Waals surface area contributed by atoms with Crippen molar-refractivity contribution in [2.45, 2.75) is 12.8 Å². The quantitative estimate of drug-likeness (QED) is 0.715. The van der Waals surface area contributed by atoms with Crippen LogP contribution in [0.25, 0.3) is 0 Å². The van der Waals surface area contributed by atoms with Gasteiger partial charge in [-0.2, -0.15) is 0 Å². The molecule has 0 spiro atoms. The summed E-state index contributed by atoms with van der Waals surface area (Å²) >= 11 is 0. The molecule has 1 fully saturated rings. The van der Waals surface area contributed by atoms with Crippen molar-refractivity contribution in [3.63, 3.8) is 0 Å². The number of aryl methyl sites for hydroxylation is 1. The predicted octanol–water partition coefficient (Wildman–Crippen LogP) is 1.21. The molecule has 2 heterocycles. The van der Waals surface area contributed by atoms with Crippen LogP contribution in [0.5, 0.6) is 0 Å². The summed E-state index contributed by atoms with van der Waals surface area (Å²) in [5.74, 6) is 0.547. The lowest BCUT2D eigenvalue weighted by Crippen LogP contribution is -2.31. The van der Waals surface area contributed by atoms with Crippen molar-refractivity contribution >= 4 is 5.78 Å². The van der Waals surface area contributed by atoms with Crippen molar-refractivity contribution in [1.29, 1.82) is 0 Å². The van der Waals surface area contributed by atoms with Crippen LogP contribution in [0.15, 0.2) is 18.5 Å². The molecular weight excluding hydrogens is 176 g/mol. The molecule has 14 heavy (non-hydrogen) atoms. The molecule has 2 rings (SSSR count). The standard InChI is InChI=1S/C11H16N2O/c1-13-7-4-10(8-13)11(14)9-2-5-12-6-3-9/h4,7-9,12H,2-3,5-6H2,1H3. The van der Waals surface area contributed by atoms with Crippen LogP contribution in [0.3, 0.4) is 0 Å². The van der Waals surface area contributed by atoms with Gasteiger partial charge in [-0.1, -0.05) is 0 Å². The normalized spacial score (nSPS) is 18.4. The van der Waals surface area contributed by atoms with E-state index < -0.39 is 0 Å². The van der Waals surface area contributed by atoms with Crippen LogP contribution in [0.2, 0.25) is 0 Å².